The molecule has 0 bridgehead atoms. The van der Waals surface area contributed by atoms with Crippen LogP contribution in [0.15, 0.2) is 22.7 Å². The second kappa shape index (κ2) is 4.58. The predicted molar refractivity (Wildman–Crippen MR) is 66.6 cm³/mol. The minimum Gasteiger partial charge on any atom is -0.481 e. The normalized spacial score (nSPS) is 23.9. The second-order valence-electron chi connectivity index (χ2n) is 4.65. The van der Waals surface area contributed by atoms with Gasteiger partial charge >= 0.3 is 5.97 Å². The number of carboxylic acids is 1. The summed E-state index contributed by atoms with van der Waals surface area (Å²) in [5.74, 6) is 0.0364. The van der Waals surface area contributed by atoms with Crippen LogP contribution in [0, 0.1) is 5.92 Å². The second-order valence-corrected chi connectivity index (χ2v) is 5.50. The van der Waals surface area contributed by atoms with E-state index in [1.54, 1.807) is 0 Å². The summed E-state index contributed by atoms with van der Waals surface area (Å²) in [6.07, 6.45) is 2.27. The van der Waals surface area contributed by atoms with Crippen molar-refractivity contribution in [3.8, 4) is 0 Å². The molecule has 0 heterocycles. The lowest BCUT2D eigenvalue weighted by atomic mass is 9.76. The highest BCUT2D eigenvalue weighted by atomic mass is 79.9. The van der Waals surface area contributed by atoms with Gasteiger partial charge in [0.25, 0.3) is 0 Å². The van der Waals surface area contributed by atoms with Gasteiger partial charge in [0.05, 0.1) is 6.42 Å². The summed E-state index contributed by atoms with van der Waals surface area (Å²) in [7, 11) is 0. The molecule has 2 atom stereocenters. The molecule has 2 rings (SSSR count). The fourth-order valence-corrected chi connectivity index (χ4v) is 3.17. The van der Waals surface area contributed by atoms with Crippen LogP contribution < -0.4 is 0 Å². The predicted octanol–water partition coefficient (Wildman–Crippen LogP) is 3.59. The molecule has 1 aliphatic rings. The first-order valence-electron chi connectivity index (χ1n) is 5.57. The highest BCUT2D eigenvalue weighted by Gasteiger charge is 2.27. The highest BCUT2D eigenvalue weighted by Crippen LogP contribution is 2.39. The van der Waals surface area contributed by atoms with Crippen LogP contribution in [0.3, 0.4) is 0 Å². The van der Waals surface area contributed by atoms with Crippen molar-refractivity contribution >= 4 is 21.9 Å². The maximum absolute atomic E-state index is 10.9. The van der Waals surface area contributed by atoms with E-state index in [1.807, 2.05) is 12.1 Å². The molecular weight excluding hydrogens is 268 g/mol. The molecule has 1 N–H and O–H groups in total. The Hall–Kier alpha value is -0.830. The minimum atomic E-state index is -0.704. The van der Waals surface area contributed by atoms with Crippen molar-refractivity contribution in [1.29, 1.82) is 0 Å². The molecule has 2 nitrogen and oxygen atoms in total. The van der Waals surface area contributed by atoms with Gasteiger partial charge in [-0.05, 0) is 41.9 Å². The van der Waals surface area contributed by atoms with Crippen LogP contribution in [-0.4, -0.2) is 11.1 Å². The maximum Gasteiger partial charge on any atom is 0.303 e. The molecule has 1 aromatic rings. The highest BCUT2D eigenvalue weighted by molar-refractivity contribution is 9.10. The summed E-state index contributed by atoms with van der Waals surface area (Å²) in [6, 6.07) is 6.10. The molecule has 0 fully saturated rings. The monoisotopic (exact) mass is 282 g/mol. The first kappa shape index (κ1) is 11.6. The van der Waals surface area contributed by atoms with E-state index < -0.39 is 5.97 Å². The van der Waals surface area contributed by atoms with Crippen LogP contribution >= 0.6 is 15.9 Å². The molecule has 0 aromatic heterocycles. The Morgan fingerprint density at radius 2 is 2.31 bits per heavy atom. The first-order valence-corrected chi connectivity index (χ1v) is 6.36. The first-order chi connectivity index (χ1) is 7.58. The zero-order valence-electron chi connectivity index (χ0n) is 9.24. The lowest BCUT2D eigenvalue weighted by molar-refractivity contribution is -0.137. The van der Waals surface area contributed by atoms with Crippen molar-refractivity contribution in [2.75, 3.05) is 0 Å². The number of hydrogen-bond acceptors (Lipinski definition) is 1. The summed E-state index contributed by atoms with van der Waals surface area (Å²) < 4.78 is 1.12. The Morgan fingerprint density at radius 1 is 1.56 bits per heavy atom. The largest absolute Gasteiger partial charge is 0.481 e. The molecule has 1 aromatic carbocycles. The Morgan fingerprint density at radius 3 is 3.00 bits per heavy atom. The third kappa shape index (κ3) is 2.29. The van der Waals surface area contributed by atoms with Crippen LogP contribution in [0.25, 0.3) is 0 Å². The van der Waals surface area contributed by atoms with Gasteiger partial charge in [-0.3, -0.25) is 4.79 Å². The van der Waals surface area contributed by atoms with Crippen molar-refractivity contribution in [1.82, 2.24) is 0 Å². The third-order valence-corrected chi connectivity index (χ3v) is 4.00. The lowest BCUT2D eigenvalue weighted by Gasteiger charge is -2.29. The van der Waals surface area contributed by atoms with Gasteiger partial charge in [0.15, 0.2) is 0 Å². The van der Waals surface area contributed by atoms with E-state index in [4.69, 9.17) is 5.11 Å². The summed E-state index contributed by atoms with van der Waals surface area (Å²) in [6.45, 7) is 2.19. The van der Waals surface area contributed by atoms with Crippen LogP contribution in [0.5, 0.6) is 0 Å². The van der Waals surface area contributed by atoms with E-state index in [9.17, 15) is 4.79 Å². The zero-order chi connectivity index (χ0) is 11.7. The SMILES string of the molecule is CC1Cc2c(Br)cccc2C(CC(=O)O)C1. The number of aliphatic carboxylic acids is 1. The molecule has 0 radical (unpaired) electrons. The summed E-state index contributed by atoms with van der Waals surface area (Å²) in [5, 5.41) is 8.94. The molecular formula is C13H15BrO2. The molecule has 1 aliphatic carbocycles. The third-order valence-electron chi connectivity index (χ3n) is 3.26. The van der Waals surface area contributed by atoms with E-state index in [1.165, 1.54) is 11.1 Å². The van der Waals surface area contributed by atoms with E-state index in [2.05, 4.69) is 28.9 Å². The van der Waals surface area contributed by atoms with E-state index >= 15 is 0 Å². The number of rotatable bonds is 2. The van der Waals surface area contributed by atoms with Gasteiger partial charge in [0.2, 0.25) is 0 Å². The van der Waals surface area contributed by atoms with E-state index in [0.717, 1.165) is 17.3 Å². The summed E-state index contributed by atoms with van der Waals surface area (Å²) >= 11 is 3.56. The van der Waals surface area contributed by atoms with Gasteiger partial charge in [0.1, 0.15) is 0 Å². The van der Waals surface area contributed by atoms with Crippen molar-refractivity contribution < 1.29 is 9.90 Å². The molecule has 3 heteroatoms. The lowest BCUT2D eigenvalue weighted by Crippen LogP contribution is -2.19. The average molecular weight is 283 g/mol. The quantitative estimate of drug-likeness (QED) is 0.900. The minimum absolute atomic E-state index is 0.175. The summed E-state index contributed by atoms with van der Waals surface area (Å²) in [4.78, 5) is 10.9. The van der Waals surface area contributed by atoms with E-state index in [0.29, 0.717) is 5.92 Å². The van der Waals surface area contributed by atoms with Gasteiger partial charge < -0.3 is 5.11 Å². The molecule has 0 aliphatic heterocycles. The fraction of sp³-hybridized carbons (Fsp3) is 0.462. The molecule has 16 heavy (non-hydrogen) atoms. The van der Waals surface area contributed by atoms with Crippen molar-refractivity contribution in [3.63, 3.8) is 0 Å². The fourth-order valence-electron chi connectivity index (χ4n) is 2.62. The van der Waals surface area contributed by atoms with Gasteiger partial charge in [-0.15, -0.1) is 0 Å². The topological polar surface area (TPSA) is 37.3 Å². The number of carboxylic acid groups (broad SMARTS) is 1. The van der Waals surface area contributed by atoms with Crippen molar-refractivity contribution in [2.45, 2.75) is 32.1 Å². The zero-order valence-corrected chi connectivity index (χ0v) is 10.8. The van der Waals surface area contributed by atoms with Crippen molar-refractivity contribution in [2.24, 2.45) is 5.92 Å². The number of hydrogen-bond donors (Lipinski definition) is 1. The molecule has 0 amide bonds. The molecule has 0 spiro atoms. The molecule has 0 saturated carbocycles. The van der Waals surface area contributed by atoms with Gasteiger partial charge in [0, 0.05) is 4.47 Å². The van der Waals surface area contributed by atoms with Crippen LogP contribution in [0.4, 0.5) is 0 Å². The number of fused-ring (bicyclic) bond motifs is 1. The van der Waals surface area contributed by atoms with Gasteiger partial charge in [-0.1, -0.05) is 35.0 Å². The maximum atomic E-state index is 10.9. The van der Waals surface area contributed by atoms with Crippen LogP contribution in [0.2, 0.25) is 0 Å². The van der Waals surface area contributed by atoms with Crippen LogP contribution in [0.1, 0.15) is 36.8 Å². The average Bonchev–Trinajstić information content (AvgIpc) is 2.18. The Balaban J connectivity index is 2.38. The number of carbonyl (C=O) groups is 1. The van der Waals surface area contributed by atoms with Gasteiger partial charge in [-0.2, -0.15) is 0 Å². The molecule has 2 unspecified atom stereocenters. The standard InChI is InChI=1S/C13H15BrO2/c1-8-5-9(7-13(15)16)10-3-2-4-12(14)11(10)6-8/h2-4,8-9H,5-7H2,1H3,(H,15,16). The van der Waals surface area contributed by atoms with Crippen LogP contribution in [-0.2, 0) is 11.2 Å². The number of halogens is 1. The Bertz CT molecular complexity index is 414. The van der Waals surface area contributed by atoms with E-state index in [-0.39, 0.29) is 12.3 Å². The number of benzene rings is 1. The molecule has 86 valence electrons. The Labute approximate surface area is 104 Å². The molecule has 0 saturated heterocycles. The Kier molecular flexibility index (Phi) is 3.33. The summed E-state index contributed by atoms with van der Waals surface area (Å²) in [5.41, 5.74) is 2.52. The van der Waals surface area contributed by atoms with Crippen molar-refractivity contribution in [3.05, 3.63) is 33.8 Å². The smallest absolute Gasteiger partial charge is 0.303 e. The van der Waals surface area contributed by atoms with Gasteiger partial charge in [-0.25, -0.2) is 0 Å².